The van der Waals surface area contributed by atoms with Crippen LogP contribution >= 0.6 is 0 Å². The van der Waals surface area contributed by atoms with Gasteiger partial charge in [0.25, 0.3) is 0 Å². The largest absolute Gasteiger partial charge is 0.399 e. The highest BCUT2D eigenvalue weighted by Crippen LogP contribution is 2.28. The Morgan fingerprint density at radius 2 is 1.80 bits per heavy atom. The average molecular weight is 335 g/mol. The zero-order chi connectivity index (χ0) is 17.4. The first-order valence-electron chi connectivity index (χ1n) is 8.85. The van der Waals surface area contributed by atoms with E-state index >= 15 is 0 Å². The van der Waals surface area contributed by atoms with Crippen molar-refractivity contribution in [1.82, 2.24) is 19.2 Å². The van der Waals surface area contributed by atoms with Crippen molar-refractivity contribution >= 4 is 11.3 Å². The summed E-state index contributed by atoms with van der Waals surface area (Å²) in [7, 11) is 2.19. The van der Waals surface area contributed by atoms with Gasteiger partial charge in [0.15, 0.2) is 0 Å². The molecule has 0 aliphatic carbocycles. The van der Waals surface area contributed by atoms with Crippen LogP contribution in [-0.4, -0.2) is 52.4 Å². The zero-order valence-electron chi connectivity index (χ0n) is 14.9. The number of aryl methyl sites for hydroxylation is 1. The van der Waals surface area contributed by atoms with Gasteiger partial charge < -0.3 is 10.6 Å². The van der Waals surface area contributed by atoms with E-state index < -0.39 is 0 Å². The van der Waals surface area contributed by atoms with Gasteiger partial charge in [-0.15, -0.1) is 0 Å². The van der Waals surface area contributed by atoms with Crippen LogP contribution in [0.2, 0.25) is 0 Å². The molecule has 0 unspecified atom stereocenters. The molecule has 3 heterocycles. The molecule has 1 saturated heterocycles. The second kappa shape index (κ2) is 6.50. The van der Waals surface area contributed by atoms with Crippen LogP contribution in [0.15, 0.2) is 42.5 Å². The van der Waals surface area contributed by atoms with Crippen molar-refractivity contribution in [3.63, 3.8) is 0 Å². The molecule has 2 aromatic heterocycles. The van der Waals surface area contributed by atoms with Crippen LogP contribution < -0.4 is 5.73 Å². The third kappa shape index (κ3) is 3.13. The molecule has 0 atom stereocenters. The highest BCUT2D eigenvalue weighted by molar-refractivity contribution is 5.69. The van der Waals surface area contributed by atoms with Crippen molar-refractivity contribution in [2.75, 3.05) is 39.0 Å². The molecule has 3 aromatic rings. The van der Waals surface area contributed by atoms with Gasteiger partial charge in [0.1, 0.15) is 5.65 Å². The number of imidazole rings is 1. The molecule has 4 rings (SSSR count). The van der Waals surface area contributed by atoms with Gasteiger partial charge in [-0.25, -0.2) is 4.98 Å². The molecule has 0 bridgehead atoms. The number of rotatable bonds is 3. The first kappa shape index (κ1) is 16.1. The summed E-state index contributed by atoms with van der Waals surface area (Å²) < 4.78 is 2.29. The summed E-state index contributed by atoms with van der Waals surface area (Å²) >= 11 is 0. The maximum atomic E-state index is 6.02. The first-order chi connectivity index (χ1) is 12.1. The Bertz CT molecular complexity index is 890. The number of hydrogen-bond acceptors (Lipinski definition) is 4. The third-order valence-corrected chi connectivity index (χ3v) is 5.06. The van der Waals surface area contributed by atoms with Crippen molar-refractivity contribution in [3.8, 4) is 11.3 Å². The fourth-order valence-electron chi connectivity index (χ4n) is 3.61. The summed E-state index contributed by atoms with van der Waals surface area (Å²) in [5.41, 5.74) is 12.4. The Kier molecular flexibility index (Phi) is 4.19. The third-order valence-electron chi connectivity index (χ3n) is 5.06. The number of nitrogens with two attached hydrogens (primary N) is 1. The Labute approximate surface area is 148 Å². The lowest BCUT2D eigenvalue weighted by Crippen LogP contribution is -2.44. The number of likely N-dealkylation sites (N-methyl/N-ethyl adjacent to an activating group) is 1. The maximum Gasteiger partial charge on any atom is 0.137 e. The first-order valence-corrected chi connectivity index (χ1v) is 8.85. The summed E-state index contributed by atoms with van der Waals surface area (Å²) in [6, 6.07) is 14.3. The fraction of sp³-hybridized carbons (Fsp3) is 0.350. The molecule has 25 heavy (non-hydrogen) atoms. The quantitative estimate of drug-likeness (QED) is 0.748. The Morgan fingerprint density at radius 3 is 2.56 bits per heavy atom. The number of piperazine rings is 1. The van der Waals surface area contributed by atoms with Gasteiger partial charge in [-0.05, 0) is 38.2 Å². The minimum absolute atomic E-state index is 0.775. The molecule has 5 nitrogen and oxygen atoms in total. The van der Waals surface area contributed by atoms with Crippen LogP contribution in [-0.2, 0) is 6.54 Å². The minimum atomic E-state index is 0.775. The predicted octanol–water partition coefficient (Wildman–Crippen LogP) is 2.64. The van der Waals surface area contributed by atoms with Crippen LogP contribution in [0.4, 0.5) is 5.69 Å². The van der Waals surface area contributed by atoms with Crippen LogP contribution in [0.25, 0.3) is 16.9 Å². The average Bonchev–Trinajstić information content (AvgIpc) is 2.97. The van der Waals surface area contributed by atoms with Gasteiger partial charge in [-0.1, -0.05) is 18.2 Å². The van der Waals surface area contributed by atoms with E-state index in [0.717, 1.165) is 55.3 Å². The number of pyridine rings is 1. The molecule has 130 valence electrons. The Morgan fingerprint density at radius 1 is 1.04 bits per heavy atom. The van der Waals surface area contributed by atoms with E-state index in [1.54, 1.807) is 0 Å². The second-order valence-corrected chi connectivity index (χ2v) is 6.97. The van der Waals surface area contributed by atoms with Gasteiger partial charge in [-0.3, -0.25) is 9.30 Å². The lowest BCUT2D eigenvalue weighted by Gasteiger charge is -2.32. The fourth-order valence-corrected chi connectivity index (χ4v) is 3.61. The van der Waals surface area contributed by atoms with Gasteiger partial charge >= 0.3 is 0 Å². The van der Waals surface area contributed by atoms with E-state index in [1.165, 1.54) is 11.4 Å². The Balaban J connectivity index is 1.80. The summed E-state index contributed by atoms with van der Waals surface area (Å²) in [6.07, 6.45) is 0. The van der Waals surface area contributed by atoms with Crippen LogP contribution in [0.3, 0.4) is 0 Å². The smallest absolute Gasteiger partial charge is 0.137 e. The number of fused-ring (bicyclic) bond motifs is 1. The lowest BCUT2D eigenvalue weighted by atomic mass is 10.1. The molecule has 1 aliphatic heterocycles. The molecule has 0 amide bonds. The van der Waals surface area contributed by atoms with Gasteiger partial charge in [-0.2, -0.15) is 0 Å². The molecule has 2 N–H and O–H groups in total. The van der Waals surface area contributed by atoms with Crippen LogP contribution in [0, 0.1) is 6.92 Å². The summed E-state index contributed by atoms with van der Waals surface area (Å²) in [6.45, 7) is 7.46. The SMILES string of the molecule is Cc1cccc2nc(-c3cccc(N)c3)c(CN3CCN(C)CC3)n12. The van der Waals surface area contributed by atoms with Crippen LogP contribution in [0.5, 0.6) is 0 Å². The molecular formula is C20H25N5. The van der Waals surface area contributed by atoms with Crippen molar-refractivity contribution < 1.29 is 0 Å². The standard InChI is InChI=1S/C20H25N5/c1-15-5-3-8-19-22-20(16-6-4-7-17(21)13-16)18(25(15)19)14-24-11-9-23(2)10-12-24/h3-8,13H,9-12,14,21H2,1-2H3. The van der Waals surface area contributed by atoms with Crippen LogP contribution in [0.1, 0.15) is 11.4 Å². The Hall–Kier alpha value is -2.37. The molecule has 0 spiro atoms. The van der Waals surface area contributed by atoms with E-state index in [2.05, 4.69) is 52.4 Å². The van der Waals surface area contributed by atoms with Gasteiger partial charge in [0.05, 0.1) is 11.4 Å². The summed E-state index contributed by atoms with van der Waals surface area (Å²) in [5.74, 6) is 0. The number of nitrogen functional groups attached to an aromatic ring is 1. The minimum Gasteiger partial charge on any atom is -0.399 e. The van der Waals surface area contributed by atoms with E-state index in [0.29, 0.717) is 0 Å². The van der Waals surface area contributed by atoms with Crippen molar-refractivity contribution in [3.05, 3.63) is 53.9 Å². The number of anilines is 1. The molecule has 1 fully saturated rings. The highest BCUT2D eigenvalue weighted by Gasteiger charge is 2.20. The molecule has 1 aliphatic rings. The summed E-state index contributed by atoms with van der Waals surface area (Å²) in [4.78, 5) is 9.84. The number of benzene rings is 1. The predicted molar refractivity (Wildman–Crippen MR) is 103 cm³/mol. The lowest BCUT2D eigenvalue weighted by molar-refractivity contribution is 0.146. The number of aromatic nitrogens is 2. The molecule has 0 saturated carbocycles. The van der Waals surface area contributed by atoms with Crippen molar-refractivity contribution in [2.24, 2.45) is 0 Å². The molecular weight excluding hydrogens is 310 g/mol. The molecule has 0 radical (unpaired) electrons. The summed E-state index contributed by atoms with van der Waals surface area (Å²) in [5, 5.41) is 0. The van der Waals surface area contributed by atoms with Crippen molar-refractivity contribution in [1.29, 1.82) is 0 Å². The zero-order valence-corrected chi connectivity index (χ0v) is 14.9. The van der Waals surface area contributed by atoms with Gasteiger partial charge in [0, 0.05) is 49.7 Å². The number of nitrogens with zero attached hydrogens (tertiary/aromatic N) is 4. The highest BCUT2D eigenvalue weighted by atomic mass is 15.3. The molecule has 1 aromatic carbocycles. The second-order valence-electron chi connectivity index (χ2n) is 6.97. The van der Waals surface area contributed by atoms with E-state index in [1.807, 2.05) is 18.2 Å². The van der Waals surface area contributed by atoms with E-state index in [9.17, 15) is 0 Å². The van der Waals surface area contributed by atoms with Gasteiger partial charge in [0.2, 0.25) is 0 Å². The topological polar surface area (TPSA) is 49.8 Å². The monoisotopic (exact) mass is 335 g/mol. The normalized spacial score (nSPS) is 16.6. The van der Waals surface area contributed by atoms with Crippen molar-refractivity contribution in [2.45, 2.75) is 13.5 Å². The van der Waals surface area contributed by atoms with E-state index in [4.69, 9.17) is 10.7 Å². The molecule has 5 heteroatoms. The maximum absolute atomic E-state index is 6.02. The number of hydrogen-bond donors (Lipinski definition) is 1. The van der Waals surface area contributed by atoms with E-state index in [-0.39, 0.29) is 0 Å².